The maximum Gasteiger partial charge on any atom is 0.303 e. The van der Waals surface area contributed by atoms with Crippen molar-refractivity contribution in [3.63, 3.8) is 0 Å². The average Bonchev–Trinajstić information content (AvgIpc) is 3.47. The third-order valence-electron chi connectivity index (χ3n) is 8.04. The summed E-state index contributed by atoms with van der Waals surface area (Å²) in [6.07, 6.45) is -5.74. The van der Waals surface area contributed by atoms with Gasteiger partial charge in [-0.15, -0.1) is 5.10 Å². The molecule has 2 heterocycles. The van der Waals surface area contributed by atoms with Crippen LogP contribution in [-0.2, 0) is 54.1 Å². The van der Waals surface area contributed by atoms with Crippen molar-refractivity contribution in [2.75, 3.05) is 32.9 Å². The van der Waals surface area contributed by atoms with Gasteiger partial charge < -0.3 is 48.9 Å². The molecule has 0 radical (unpaired) electrons. The first-order valence-electron chi connectivity index (χ1n) is 17.4. The highest BCUT2D eigenvalue weighted by atomic mass is 16.7. The van der Waals surface area contributed by atoms with Crippen molar-refractivity contribution in [3.05, 3.63) is 41.1 Å². The SMILES string of the molecule is CC(=O)OC[C@H]1O[C@@H](Oc2n[nH]c(C(C)C)c2Cc2ccc(OCCCNC(C)(C)C(=O)NCCO)cc2)[C@H](OC(C)=O)[C@@H](OC(C)=O)[C@@H]1OC(C)=O. The molecule has 0 spiro atoms. The Labute approximate surface area is 308 Å². The molecule has 2 aromatic rings. The van der Waals surface area contributed by atoms with Crippen LogP contribution in [0.2, 0.25) is 0 Å². The lowest BCUT2D eigenvalue weighted by Crippen LogP contribution is -2.63. The summed E-state index contributed by atoms with van der Waals surface area (Å²) in [4.78, 5) is 60.5. The minimum Gasteiger partial charge on any atom is -0.494 e. The number of ether oxygens (including phenoxy) is 7. The summed E-state index contributed by atoms with van der Waals surface area (Å²) in [5.74, 6) is -2.32. The lowest BCUT2D eigenvalue weighted by atomic mass is 9.97. The molecule has 3 rings (SSSR count). The second-order valence-corrected chi connectivity index (χ2v) is 13.3. The quantitative estimate of drug-likeness (QED) is 0.0914. The largest absolute Gasteiger partial charge is 0.494 e. The summed E-state index contributed by atoms with van der Waals surface area (Å²) in [6.45, 7) is 12.7. The monoisotopic (exact) mass is 748 g/mol. The van der Waals surface area contributed by atoms with Gasteiger partial charge in [-0.25, -0.2) is 0 Å². The van der Waals surface area contributed by atoms with Crippen molar-refractivity contribution in [2.24, 2.45) is 0 Å². The number of carbonyl (C=O) groups is 5. The van der Waals surface area contributed by atoms with Gasteiger partial charge in [-0.2, -0.15) is 0 Å². The number of rotatable bonds is 19. The molecule has 4 N–H and O–H groups in total. The molecule has 0 unspecified atom stereocenters. The molecule has 1 aromatic heterocycles. The minimum absolute atomic E-state index is 0.00723. The second-order valence-electron chi connectivity index (χ2n) is 13.3. The van der Waals surface area contributed by atoms with Crippen LogP contribution in [0.5, 0.6) is 11.6 Å². The molecule has 0 bridgehead atoms. The first kappa shape index (κ1) is 42.7. The number of aromatic nitrogens is 2. The van der Waals surface area contributed by atoms with Gasteiger partial charge in [0.2, 0.25) is 24.2 Å². The number of aliphatic hydroxyl groups is 1. The first-order chi connectivity index (χ1) is 25.0. The summed E-state index contributed by atoms with van der Waals surface area (Å²) in [5, 5.41) is 22.2. The zero-order valence-corrected chi connectivity index (χ0v) is 31.5. The van der Waals surface area contributed by atoms with Gasteiger partial charge >= 0.3 is 23.9 Å². The zero-order valence-electron chi connectivity index (χ0n) is 31.5. The van der Waals surface area contributed by atoms with Crippen LogP contribution in [0, 0.1) is 0 Å². The molecule has 0 saturated carbocycles. The minimum atomic E-state index is -1.44. The molecule has 5 atom stereocenters. The van der Waals surface area contributed by atoms with Crippen molar-refractivity contribution < 1.29 is 62.2 Å². The van der Waals surface area contributed by atoms with Crippen LogP contribution in [0.1, 0.15) is 84.5 Å². The van der Waals surface area contributed by atoms with Crippen LogP contribution in [0.15, 0.2) is 24.3 Å². The van der Waals surface area contributed by atoms with Gasteiger partial charge in [0.15, 0.2) is 12.2 Å². The summed E-state index contributed by atoms with van der Waals surface area (Å²) in [6, 6.07) is 7.48. The van der Waals surface area contributed by atoms with E-state index in [9.17, 15) is 24.0 Å². The Balaban J connectivity index is 1.79. The van der Waals surface area contributed by atoms with Crippen molar-refractivity contribution in [1.82, 2.24) is 20.8 Å². The highest BCUT2D eigenvalue weighted by molar-refractivity contribution is 5.85. The zero-order chi connectivity index (χ0) is 39.3. The maximum absolute atomic E-state index is 12.3. The van der Waals surface area contributed by atoms with Crippen molar-refractivity contribution >= 4 is 29.8 Å². The number of amides is 1. The smallest absolute Gasteiger partial charge is 0.303 e. The predicted molar refractivity (Wildman–Crippen MR) is 187 cm³/mol. The molecule has 1 saturated heterocycles. The Bertz CT molecular complexity index is 1540. The van der Waals surface area contributed by atoms with E-state index in [0.717, 1.165) is 32.0 Å². The number of aliphatic hydroxyl groups excluding tert-OH is 1. The van der Waals surface area contributed by atoms with Gasteiger partial charge in [-0.1, -0.05) is 26.0 Å². The molecular weight excluding hydrogens is 696 g/mol. The lowest BCUT2D eigenvalue weighted by molar-refractivity contribution is -0.289. The van der Waals surface area contributed by atoms with Crippen LogP contribution in [0.25, 0.3) is 0 Å². The third kappa shape index (κ3) is 13.0. The number of nitrogens with zero attached hydrogens (tertiary/aromatic N) is 1. The summed E-state index contributed by atoms with van der Waals surface area (Å²) < 4.78 is 40.0. The highest BCUT2D eigenvalue weighted by Crippen LogP contribution is 2.34. The number of aromatic amines is 1. The average molecular weight is 749 g/mol. The Morgan fingerprint density at radius 3 is 2.11 bits per heavy atom. The summed E-state index contributed by atoms with van der Waals surface area (Å²) in [5.41, 5.74) is 1.54. The van der Waals surface area contributed by atoms with Gasteiger partial charge in [0.1, 0.15) is 18.5 Å². The molecule has 1 amide bonds. The summed E-state index contributed by atoms with van der Waals surface area (Å²) >= 11 is 0. The Kier molecular flexibility index (Phi) is 16.0. The highest BCUT2D eigenvalue weighted by Gasteiger charge is 2.53. The second kappa shape index (κ2) is 19.9. The van der Waals surface area contributed by atoms with Crippen LogP contribution in [-0.4, -0.2) is 114 Å². The number of hydrogen-bond donors (Lipinski definition) is 4. The van der Waals surface area contributed by atoms with E-state index in [1.807, 2.05) is 38.1 Å². The molecule has 17 nitrogen and oxygen atoms in total. The van der Waals surface area contributed by atoms with E-state index in [0.29, 0.717) is 37.3 Å². The fourth-order valence-corrected chi connectivity index (χ4v) is 5.54. The van der Waals surface area contributed by atoms with Crippen LogP contribution < -0.4 is 20.1 Å². The van der Waals surface area contributed by atoms with Crippen molar-refractivity contribution in [1.29, 1.82) is 0 Å². The van der Waals surface area contributed by atoms with E-state index in [4.69, 9.17) is 38.3 Å². The number of carbonyl (C=O) groups excluding carboxylic acids is 5. The first-order valence-corrected chi connectivity index (χ1v) is 17.4. The third-order valence-corrected chi connectivity index (χ3v) is 8.04. The molecule has 0 aliphatic carbocycles. The molecular formula is C36H52N4O13. The Hall–Kier alpha value is -4.74. The Morgan fingerprint density at radius 2 is 1.53 bits per heavy atom. The number of benzene rings is 1. The molecule has 17 heteroatoms. The standard InChI is InChI=1S/C36H52N4O13/c1-20(2)29-27(18-25-10-12-26(13-11-25)47-17-9-14-38-36(7,8)35(46)37-15-16-41)33(40-39-29)53-34-32(51-24(6)45)31(50-23(5)44)30(49-22(4)43)28(52-34)19-48-21(3)42/h10-13,20,28,30-32,34,38,41H,9,14-19H2,1-8H3,(H,37,46)(H,39,40)/t28-,30-,31+,32-,34+/m1/s1. The van der Waals surface area contributed by atoms with Gasteiger partial charge in [0.25, 0.3) is 0 Å². The van der Waals surface area contributed by atoms with Crippen LogP contribution in [0.4, 0.5) is 0 Å². The van der Waals surface area contributed by atoms with E-state index in [1.54, 1.807) is 13.8 Å². The Morgan fingerprint density at radius 1 is 0.906 bits per heavy atom. The van der Waals surface area contributed by atoms with Crippen LogP contribution in [0.3, 0.4) is 0 Å². The van der Waals surface area contributed by atoms with Crippen LogP contribution >= 0.6 is 0 Å². The van der Waals surface area contributed by atoms with Gasteiger partial charge in [-0.3, -0.25) is 29.1 Å². The molecule has 1 aliphatic heterocycles. The molecule has 294 valence electrons. The van der Waals surface area contributed by atoms with Crippen molar-refractivity contribution in [2.45, 2.75) is 110 Å². The molecule has 1 fully saturated rings. The van der Waals surface area contributed by atoms with Gasteiger partial charge in [0, 0.05) is 51.9 Å². The number of esters is 4. The summed E-state index contributed by atoms with van der Waals surface area (Å²) in [7, 11) is 0. The van der Waals surface area contributed by atoms with E-state index in [2.05, 4.69) is 20.8 Å². The fourth-order valence-electron chi connectivity index (χ4n) is 5.54. The molecule has 1 aromatic carbocycles. The van der Waals surface area contributed by atoms with E-state index < -0.39 is 66.7 Å². The van der Waals surface area contributed by atoms with E-state index >= 15 is 0 Å². The fraction of sp³-hybridized carbons (Fsp3) is 0.611. The molecule has 53 heavy (non-hydrogen) atoms. The predicted octanol–water partition coefficient (Wildman–Crippen LogP) is 1.83. The topological polar surface area (TPSA) is 223 Å². The number of nitrogens with one attached hydrogen (secondary N) is 3. The lowest BCUT2D eigenvalue weighted by Gasteiger charge is -2.43. The molecule has 1 aliphatic rings. The van der Waals surface area contributed by atoms with Gasteiger partial charge in [-0.05, 0) is 50.4 Å². The maximum atomic E-state index is 12.3. The number of H-pyrrole nitrogens is 1. The van der Waals surface area contributed by atoms with E-state index in [1.165, 1.54) is 6.92 Å². The normalized spacial score (nSPS) is 19.9. The van der Waals surface area contributed by atoms with E-state index in [-0.39, 0.29) is 30.9 Å². The van der Waals surface area contributed by atoms with Crippen molar-refractivity contribution in [3.8, 4) is 11.6 Å². The number of hydrogen-bond acceptors (Lipinski definition) is 15. The van der Waals surface area contributed by atoms with Gasteiger partial charge in [0.05, 0.1) is 18.8 Å².